The zero-order valence-electron chi connectivity index (χ0n) is 10.4. The molecule has 0 spiro atoms. The molecule has 0 amide bonds. The third kappa shape index (κ3) is 3.70. The largest absolute Gasteiger partial charge is 0.377 e. The maximum Gasteiger partial charge on any atom is 0.0629 e. The van der Waals surface area contributed by atoms with Gasteiger partial charge in [-0.1, -0.05) is 48.5 Å². The van der Waals surface area contributed by atoms with Crippen LogP contribution >= 0.6 is 0 Å². The Morgan fingerprint density at radius 3 is 2.11 bits per heavy atom. The fraction of sp³-hybridized carbons (Fsp3) is 0.200. The summed E-state index contributed by atoms with van der Waals surface area (Å²) in [5, 5.41) is 3.43. The maximum absolute atomic E-state index is 11.5. The average molecular weight is 259 g/mol. The lowest BCUT2D eigenvalue weighted by atomic mass is 10.1. The molecular formula is C15H17NOS. The second-order valence-corrected chi connectivity index (χ2v) is 5.69. The number of para-hydroxylation sites is 1. The van der Waals surface area contributed by atoms with E-state index in [-0.39, 0.29) is 6.04 Å². The third-order valence-electron chi connectivity index (χ3n) is 2.72. The van der Waals surface area contributed by atoms with Gasteiger partial charge < -0.3 is 5.32 Å². The minimum Gasteiger partial charge on any atom is -0.377 e. The third-order valence-corrected chi connectivity index (χ3v) is 3.52. The lowest BCUT2D eigenvalue weighted by Crippen LogP contribution is -2.17. The van der Waals surface area contributed by atoms with E-state index in [2.05, 4.69) is 17.4 Å². The van der Waals surface area contributed by atoms with E-state index in [9.17, 15) is 4.21 Å². The molecular weight excluding hydrogens is 242 g/mol. The van der Waals surface area contributed by atoms with E-state index in [1.807, 2.05) is 48.5 Å². The molecule has 0 aliphatic rings. The molecule has 0 aliphatic carbocycles. The van der Waals surface area contributed by atoms with E-state index < -0.39 is 10.8 Å². The van der Waals surface area contributed by atoms with Gasteiger partial charge in [0.05, 0.1) is 6.04 Å². The molecule has 2 nitrogen and oxygen atoms in total. The first-order chi connectivity index (χ1) is 8.75. The highest BCUT2D eigenvalue weighted by Gasteiger charge is 2.12. The Morgan fingerprint density at radius 2 is 1.56 bits per heavy atom. The van der Waals surface area contributed by atoms with Crippen LogP contribution in [0.4, 0.5) is 5.69 Å². The quantitative estimate of drug-likeness (QED) is 0.893. The van der Waals surface area contributed by atoms with Gasteiger partial charge in [-0.25, -0.2) is 0 Å². The van der Waals surface area contributed by atoms with Crippen molar-refractivity contribution < 1.29 is 4.21 Å². The minimum atomic E-state index is -0.832. The van der Waals surface area contributed by atoms with Crippen molar-refractivity contribution >= 4 is 16.5 Å². The molecule has 0 heterocycles. The molecule has 0 bridgehead atoms. The molecule has 3 heteroatoms. The summed E-state index contributed by atoms with van der Waals surface area (Å²) >= 11 is 0. The van der Waals surface area contributed by atoms with Crippen LogP contribution in [0.2, 0.25) is 0 Å². The Morgan fingerprint density at radius 1 is 1.00 bits per heavy atom. The maximum atomic E-state index is 11.5. The molecule has 18 heavy (non-hydrogen) atoms. The molecule has 2 aromatic carbocycles. The number of rotatable bonds is 5. The monoisotopic (exact) mass is 259 g/mol. The van der Waals surface area contributed by atoms with Gasteiger partial charge in [0.25, 0.3) is 0 Å². The van der Waals surface area contributed by atoms with Gasteiger partial charge in [0.15, 0.2) is 0 Å². The SMILES string of the molecule is C[S@@](=O)C[C@@H](Nc1ccccc1)c1ccccc1. The van der Waals surface area contributed by atoms with Crippen molar-refractivity contribution in [3.8, 4) is 0 Å². The van der Waals surface area contributed by atoms with Crippen molar-refractivity contribution in [3.63, 3.8) is 0 Å². The van der Waals surface area contributed by atoms with Gasteiger partial charge in [0.2, 0.25) is 0 Å². The summed E-state index contributed by atoms with van der Waals surface area (Å²) in [6.07, 6.45) is 1.74. The molecule has 2 aromatic rings. The van der Waals surface area contributed by atoms with Gasteiger partial charge in [-0.2, -0.15) is 0 Å². The Bertz CT molecular complexity index is 498. The van der Waals surface area contributed by atoms with Gasteiger partial charge in [-0.3, -0.25) is 4.21 Å². The van der Waals surface area contributed by atoms with Crippen molar-refractivity contribution in [2.45, 2.75) is 6.04 Å². The van der Waals surface area contributed by atoms with Crippen molar-refractivity contribution in [3.05, 3.63) is 66.2 Å². The van der Waals surface area contributed by atoms with Crippen molar-refractivity contribution in [1.29, 1.82) is 0 Å². The van der Waals surface area contributed by atoms with Crippen molar-refractivity contribution in [2.24, 2.45) is 0 Å². The normalized spacial score (nSPS) is 13.8. The highest BCUT2D eigenvalue weighted by Crippen LogP contribution is 2.20. The molecule has 2 atom stereocenters. The van der Waals surface area contributed by atoms with Crippen LogP contribution in [0.15, 0.2) is 60.7 Å². The number of hydrogen-bond acceptors (Lipinski definition) is 2. The molecule has 0 saturated heterocycles. The summed E-state index contributed by atoms with van der Waals surface area (Å²) < 4.78 is 11.5. The van der Waals surface area contributed by atoms with Crippen LogP contribution in [0.3, 0.4) is 0 Å². The van der Waals surface area contributed by atoms with Crippen LogP contribution in [0.5, 0.6) is 0 Å². The van der Waals surface area contributed by atoms with Crippen LogP contribution in [0.1, 0.15) is 11.6 Å². The van der Waals surface area contributed by atoms with Crippen molar-refractivity contribution in [2.75, 3.05) is 17.3 Å². The average Bonchev–Trinajstić information content (AvgIpc) is 2.40. The minimum absolute atomic E-state index is 0.0828. The molecule has 2 rings (SSSR count). The first-order valence-corrected chi connectivity index (χ1v) is 7.65. The van der Waals surface area contributed by atoms with Crippen LogP contribution in [-0.4, -0.2) is 16.2 Å². The lowest BCUT2D eigenvalue weighted by Gasteiger charge is -2.19. The highest BCUT2D eigenvalue weighted by atomic mass is 32.2. The number of benzene rings is 2. The zero-order chi connectivity index (χ0) is 12.8. The Kier molecular flexibility index (Phi) is 4.53. The lowest BCUT2D eigenvalue weighted by molar-refractivity contribution is 0.682. The van der Waals surface area contributed by atoms with Gasteiger partial charge in [-0.15, -0.1) is 0 Å². The van der Waals surface area contributed by atoms with E-state index in [4.69, 9.17) is 0 Å². The molecule has 94 valence electrons. The molecule has 1 N–H and O–H groups in total. The Hall–Kier alpha value is -1.61. The topological polar surface area (TPSA) is 29.1 Å². The molecule has 0 aromatic heterocycles. The second kappa shape index (κ2) is 6.36. The number of nitrogens with one attached hydrogen (secondary N) is 1. The first-order valence-electron chi connectivity index (χ1n) is 5.92. The fourth-order valence-electron chi connectivity index (χ4n) is 1.88. The van der Waals surface area contributed by atoms with Gasteiger partial charge >= 0.3 is 0 Å². The zero-order valence-corrected chi connectivity index (χ0v) is 11.2. The molecule has 0 fully saturated rings. The van der Waals surface area contributed by atoms with Crippen LogP contribution in [0.25, 0.3) is 0 Å². The van der Waals surface area contributed by atoms with E-state index in [1.165, 1.54) is 0 Å². The first kappa shape index (κ1) is 12.8. The fourth-order valence-corrected chi connectivity index (χ4v) is 2.62. The van der Waals surface area contributed by atoms with Crippen LogP contribution < -0.4 is 5.32 Å². The van der Waals surface area contributed by atoms with Gasteiger partial charge in [0.1, 0.15) is 0 Å². The van der Waals surface area contributed by atoms with E-state index >= 15 is 0 Å². The summed E-state index contributed by atoms with van der Waals surface area (Å²) in [6.45, 7) is 0. The smallest absolute Gasteiger partial charge is 0.0629 e. The number of anilines is 1. The van der Waals surface area contributed by atoms with E-state index in [0.717, 1.165) is 11.3 Å². The van der Waals surface area contributed by atoms with Gasteiger partial charge in [0, 0.05) is 28.5 Å². The van der Waals surface area contributed by atoms with E-state index in [1.54, 1.807) is 6.26 Å². The summed E-state index contributed by atoms with van der Waals surface area (Å²) in [6, 6.07) is 20.2. The summed E-state index contributed by atoms with van der Waals surface area (Å²) in [4.78, 5) is 0. The van der Waals surface area contributed by atoms with Crippen LogP contribution in [0, 0.1) is 0 Å². The summed E-state index contributed by atoms with van der Waals surface area (Å²) in [5.41, 5.74) is 2.22. The number of hydrogen-bond donors (Lipinski definition) is 1. The molecule has 0 unspecified atom stereocenters. The van der Waals surface area contributed by atoms with Crippen molar-refractivity contribution in [1.82, 2.24) is 0 Å². The Labute approximate surface area is 111 Å². The molecule has 0 saturated carbocycles. The summed E-state index contributed by atoms with van der Waals surface area (Å²) in [7, 11) is -0.832. The van der Waals surface area contributed by atoms with Gasteiger partial charge in [-0.05, 0) is 17.7 Å². The molecule has 0 aliphatic heterocycles. The summed E-state index contributed by atoms with van der Waals surface area (Å²) in [5.74, 6) is 0.610. The predicted molar refractivity (Wildman–Crippen MR) is 78.2 cm³/mol. The highest BCUT2D eigenvalue weighted by molar-refractivity contribution is 7.84. The second-order valence-electron chi connectivity index (χ2n) is 4.21. The Balaban J connectivity index is 2.18. The van der Waals surface area contributed by atoms with E-state index in [0.29, 0.717) is 5.75 Å². The predicted octanol–water partition coefficient (Wildman–Crippen LogP) is 3.22. The molecule has 0 radical (unpaired) electrons. The standard InChI is InChI=1S/C15H17NOS/c1-18(17)12-15(13-8-4-2-5-9-13)16-14-10-6-3-7-11-14/h2-11,15-16H,12H2,1H3/t15-,18-/m1/s1. The van der Waals surface area contributed by atoms with Crippen LogP contribution in [-0.2, 0) is 10.8 Å².